The SMILES string of the molecule is Cc1cc(-n2cnnc2)ncc1-c1ccc([C@@H](C)N2CCOCC2)cc1. The van der Waals surface area contributed by atoms with Gasteiger partial charge in [-0.15, -0.1) is 10.2 Å². The molecule has 3 aromatic rings. The van der Waals surface area contributed by atoms with Crippen LogP contribution in [0.4, 0.5) is 0 Å². The zero-order valence-electron chi connectivity index (χ0n) is 15.2. The van der Waals surface area contributed by atoms with E-state index >= 15 is 0 Å². The molecule has 1 aliphatic heterocycles. The molecule has 1 aromatic carbocycles. The second-order valence-corrected chi connectivity index (χ2v) is 6.67. The molecule has 0 aliphatic carbocycles. The maximum absolute atomic E-state index is 5.45. The molecule has 1 saturated heterocycles. The Hall–Kier alpha value is -2.57. The molecule has 26 heavy (non-hydrogen) atoms. The summed E-state index contributed by atoms with van der Waals surface area (Å²) in [6.07, 6.45) is 5.23. The van der Waals surface area contributed by atoms with Gasteiger partial charge in [0.25, 0.3) is 0 Å². The van der Waals surface area contributed by atoms with E-state index in [1.807, 2.05) is 10.8 Å². The van der Waals surface area contributed by atoms with Gasteiger partial charge in [0.05, 0.1) is 13.2 Å². The molecule has 1 atom stereocenters. The van der Waals surface area contributed by atoms with Crippen LogP contribution < -0.4 is 0 Å². The van der Waals surface area contributed by atoms with Crippen molar-refractivity contribution in [2.45, 2.75) is 19.9 Å². The van der Waals surface area contributed by atoms with Crippen molar-refractivity contribution in [3.63, 3.8) is 0 Å². The molecule has 134 valence electrons. The van der Waals surface area contributed by atoms with Crippen LogP contribution in [0.3, 0.4) is 0 Å². The number of aromatic nitrogens is 4. The highest BCUT2D eigenvalue weighted by Crippen LogP contribution is 2.27. The number of nitrogens with zero attached hydrogens (tertiary/aromatic N) is 5. The fourth-order valence-corrected chi connectivity index (χ4v) is 3.42. The van der Waals surface area contributed by atoms with Gasteiger partial charge in [-0.05, 0) is 36.6 Å². The van der Waals surface area contributed by atoms with Crippen LogP contribution in [-0.4, -0.2) is 51.0 Å². The van der Waals surface area contributed by atoms with Crippen LogP contribution in [0.5, 0.6) is 0 Å². The van der Waals surface area contributed by atoms with E-state index in [1.165, 1.54) is 16.7 Å². The van der Waals surface area contributed by atoms with Gasteiger partial charge in [-0.1, -0.05) is 24.3 Å². The summed E-state index contributed by atoms with van der Waals surface area (Å²) in [5, 5.41) is 7.67. The minimum atomic E-state index is 0.406. The number of pyridine rings is 1. The number of rotatable bonds is 4. The van der Waals surface area contributed by atoms with Crippen molar-refractivity contribution < 1.29 is 4.74 Å². The minimum Gasteiger partial charge on any atom is -0.379 e. The lowest BCUT2D eigenvalue weighted by molar-refractivity contribution is 0.0198. The first-order valence-corrected chi connectivity index (χ1v) is 8.96. The Labute approximate surface area is 153 Å². The van der Waals surface area contributed by atoms with Crippen LogP contribution in [0, 0.1) is 6.92 Å². The molecule has 0 saturated carbocycles. The number of hydrogen-bond acceptors (Lipinski definition) is 5. The van der Waals surface area contributed by atoms with Crippen LogP contribution in [0.25, 0.3) is 16.9 Å². The number of morpholine rings is 1. The fourth-order valence-electron chi connectivity index (χ4n) is 3.42. The summed E-state index contributed by atoms with van der Waals surface area (Å²) in [6, 6.07) is 11.3. The number of hydrogen-bond donors (Lipinski definition) is 0. The number of aryl methyl sites for hydroxylation is 1. The second-order valence-electron chi connectivity index (χ2n) is 6.67. The topological polar surface area (TPSA) is 56.1 Å². The summed E-state index contributed by atoms with van der Waals surface area (Å²) in [5.41, 5.74) is 4.84. The van der Waals surface area contributed by atoms with Crippen molar-refractivity contribution in [1.82, 2.24) is 24.6 Å². The van der Waals surface area contributed by atoms with Gasteiger partial charge < -0.3 is 4.74 Å². The molecule has 4 rings (SSSR count). The summed E-state index contributed by atoms with van der Waals surface area (Å²) in [5.74, 6) is 0.828. The predicted molar refractivity (Wildman–Crippen MR) is 100 cm³/mol. The fraction of sp³-hybridized carbons (Fsp3) is 0.350. The van der Waals surface area contributed by atoms with E-state index in [9.17, 15) is 0 Å². The second kappa shape index (κ2) is 7.35. The molecule has 0 bridgehead atoms. The van der Waals surface area contributed by atoms with Crippen LogP contribution in [0.15, 0.2) is 49.2 Å². The first-order valence-electron chi connectivity index (χ1n) is 8.96. The number of benzene rings is 1. The third-order valence-corrected chi connectivity index (χ3v) is 5.08. The Morgan fingerprint density at radius 3 is 2.38 bits per heavy atom. The Morgan fingerprint density at radius 2 is 1.73 bits per heavy atom. The zero-order chi connectivity index (χ0) is 17.9. The van der Waals surface area contributed by atoms with E-state index in [1.54, 1.807) is 12.7 Å². The highest BCUT2D eigenvalue weighted by atomic mass is 16.5. The van der Waals surface area contributed by atoms with E-state index in [0.717, 1.165) is 37.7 Å². The molecule has 0 amide bonds. The van der Waals surface area contributed by atoms with Gasteiger partial charge in [0.1, 0.15) is 18.5 Å². The van der Waals surface area contributed by atoms with E-state index in [0.29, 0.717) is 6.04 Å². The van der Waals surface area contributed by atoms with Gasteiger partial charge in [-0.3, -0.25) is 9.47 Å². The molecule has 6 nitrogen and oxygen atoms in total. The molecule has 0 N–H and O–H groups in total. The van der Waals surface area contributed by atoms with Gasteiger partial charge in [0.15, 0.2) is 0 Å². The zero-order valence-corrected chi connectivity index (χ0v) is 15.2. The highest BCUT2D eigenvalue weighted by Gasteiger charge is 2.18. The summed E-state index contributed by atoms with van der Waals surface area (Å²) in [6.45, 7) is 8.02. The Bertz CT molecular complexity index is 854. The quantitative estimate of drug-likeness (QED) is 0.725. The average Bonchev–Trinajstić information content (AvgIpc) is 3.23. The lowest BCUT2D eigenvalue weighted by atomic mass is 9.99. The van der Waals surface area contributed by atoms with Crippen molar-refractivity contribution >= 4 is 0 Å². The standard InChI is InChI=1S/C20H23N5O/c1-15-11-20(25-13-22-23-14-25)21-12-19(15)18-5-3-17(4-6-18)16(2)24-7-9-26-10-8-24/h3-6,11-14,16H,7-10H2,1-2H3/t16-/m1/s1. The van der Waals surface area contributed by atoms with E-state index in [-0.39, 0.29) is 0 Å². The van der Waals surface area contributed by atoms with E-state index in [4.69, 9.17) is 4.74 Å². The van der Waals surface area contributed by atoms with Gasteiger partial charge >= 0.3 is 0 Å². The lowest BCUT2D eigenvalue weighted by Crippen LogP contribution is -2.37. The Kier molecular flexibility index (Phi) is 4.77. The average molecular weight is 349 g/mol. The van der Waals surface area contributed by atoms with Gasteiger partial charge in [0, 0.05) is 30.9 Å². The van der Waals surface area contributed by atoms with Gasteiger partial charge in [-0.2, -0.15) is 0 Å². The van der Waals surface area contributed by atoms with Crippen LogP contribution in [0.2, 0.25) is 0 Å². The summed E-state index contributed by atoms with van der Waals surface area (Å²) < 4.78 is 7.26. The molecule has 0 radical (unpaired) electrons. The monoisotopic (exact) mass is 349 g/mol. The Balaban J connectivity index is 1.55. The summed E-state index contributed by atoms with van der Waals surface area (Å²) in [7, 11) is 0. The molecular weight excluding hydrogens is 326 g/mol. The molecular formula is C20H23N5O. The molecule has 0 spiro atoms. The lowest BCUT2D eigenvalue weighted by Gasteiger charge is -2.32. The van der Waals surface area contributed by atoms with Gasteiger partial charge in [-0.25, -0.2) is 4.98 Å². The van der Waals surface area contributed by atoms with Crippen molar-refractivity contribution in [3.05, 3.63) is 60.3 Å². The minimum absolute atomic E-state index is 0.406. The van der Waals surface area contributed by atoms with Crippen LogP contribution >= 0.6 is 0 Å². The van der Waals surface area contributed by atoms with Crippen molar-refractivity contribution in [1.29, 1.82) is 0 Å². The van der Waals surface area contributed by atoms with Crippen molar-refractivity contribution in [2.24, 2.45) is 0 Å². The largest absolute Gasteiger partial charge is 0.379 e. The van der Waals surface area contributed by atoms with Crippen molar-refractivity contribution in [2.75, 3.05) is 26.3 Å². The molecule has 1 aliphatic rings. The van der Waals surface area contributed by atoms with Crippen LogP contribution in [0.1, 0.15) is 24.1 Å². The first-order chi connectivity index (χ1) is 12.7. The predicted octanol–water partition coefficient (Wildman–Crippen LogP) is 3.03. The van der Waals surface area contributed by atoms with Crippen LogP contribution in [-0.2, 0) is 4.74 Å². The normalized spacial score (nSPS) is 16.5. The maximum Gasteiger partial charge on any atom is 0.139 e. The third-order valence-electron chi connectivity index (χ3n) is 5.08. The molecule has 2 aromatic heterocycles. The van der Waals surface area contributed by atoms with E-state index in [2.05, 4.69) is 64.3 Å². The first kappa shape index (κ1) is 16.9. The smallest absolute Gasteiger partial charge is 0.139 e. The highest BCUT2D eigenvalue weighted by molar-refractivity contribution is 5.67. The molecule has 0 unspecified atom stereocenters. The molecule has 3 heterocycles. The summed E-state index contributed by atoms with van der Waals surface area (Å²) >= 11 is 0. The summed E-state index contributed by atoms with van der Waals surface area (Å²) in [4.78, 5) is 7.02. The third kappa shape index (κ3) is 3.38. The van der Waals surface area contributed by atoms with Gasteiger partial charge in [0.2, 0.25) is 0 Å². The Morgan fingerprint density at radius 1 is 1.04 bits per heavy atom. The molecule has 1 fully saturated rings. The maximum atomic E-state index is 5.45. The van der Waals surface area contributed by atoms with E-state index < -0.39 is 0 Å². The number of ether oxygens (including phenoxy) is 1. The molecule has 6 heteroatoms. The van der Waals surface area contributed by atoms with Crippen molar-refractivity contribution in [3.8, 4) is 16.9 Å².